The van der Waals surface area contributed by atoms with Crippen LogP contribution in [0.2, 0.25) is 0 Å². The third-order valence-electron chi connectivity index (χ3n) is 21.8. The Morgan fingerprint density at radius 2 is 0.970 bits per heavy atom. The van der Waals surface area contributed by atoms with Gasteiger partial charge in [-0.25, -0.2) is 14.6 Å². The Balaban J connectivity index is 0.000000379. The molecule has 2 fully saturated rings. The van der Waals surface area contributed by atoms with Crippen LogP contribution in [0.1, 0.15) is 392 Å². The highest BCUT2D eigenvalue weighted by Crippen LogP contribution is 2.29. The molecule has 13 rings (SSSR count). The zero-order chi connectivity index (χ0) is 100.0. The van der Waals surface area contributed by atoms with Crippen LogP contribution in [0, 0.1) is 33.6 Å². The minimum absolute atomic E-state index is 0.0957. The molecule has 0 radical (unpaired) electrons. The van der Waals surface area contributed by atoms with E-state index in [1.165, 1.54) is 77.4 Å². The van der Waals surface area contributed by atoms with Crippen LogP contribution in [0.4, 0.5) is 0 Å². The first-order valence-corrected chi connectivity index (χ1v) is 50.1. The predicted octanol–water partition coefficient (Wildman–Crippen LogP) is 22.5. The number of thiazole rings is 2. The molecule has 2 aliphatic heterocycles. The van der Waals surface area contributed by atoms with E-state index in [0.29, 0.717) is 90.0 Å². The molecular weight excluding hydrogens is 1710 g/mol. The molecule has 13 heterocycles. The minimum Gasteiger partial charge on any atom is -0.396 e. The Labute approximate surface area is 809 Å². The fourth-order valence-corrected chi connectivity index (χ4v) is 14.5. The zero-order valence-electron chi connectivity index (χ0n) is 89.1. The lowest BCUT2D eigenvalue weighted by Gasteiger charge is -2.31. The van der Waals surface area contributed by atoms with Crippen molar-refractivity contribution in [3.8, 4) is 0 Å². The molecule has 3 N–H and O–H groups in total. The highest BCUT2D eigenvalue weighted by atomic mass is 32.1. The van der Waals surface area contributed by atoms with Gasteiger partial charge in [-0.2, -0.15) is 35.7 Å². The molecule has 0 spiro atoms. The summed E-state index contributed by atoms with van der Waals surface area (Å²) in [6.07, 6.45) is 34.8. The number of methoxy groups -OCH3 is 2. The van der Waals surface area contributed by atoms with Gasteiger partial charge in [0.05, 0.1) is 133 Å². The van der Waals surface area contributed by atoms with Gasteiger partial charge in [0.25, 0.3) is 0 Å². The van der Waals surface area contributed by atoms with Crippen molar-refractivity contribution in [2.45, 2.75) is 382 Å². The standard InChI is InChI=1S/C14H25N3O.C12H22N2O.C11H18N2O.C11H20N2O.C10H18N2O.C9H16N2O.C8H15N3.C8H13NS.C7H11NS.C6H11N3.C6H10N2/c1-12(2)13-10-15-17(11-13)14-4-6-16(7-5-14)8-9-18-3;1-9(8-15)7-14-10(2)6-11(13-14)12(3,4)5;1-9(2)10-7-12-13(8-10)11-3-5-14-6-4-11;1-9(2)11-7-12-13(8-11)5-6-14-10(3)4;1-8(2)9-5-11-12(6-9)7-10(3,4)13;1-8(2)9-6-10-11(7-9)4-5-12-3;1-6(2)8-5-11(7(3)4)10-9-8;1-5(2)8-6(3)9-7(4)10-8;1-5(2)7-4-8-6(3)9-7;1-5(2)6-4-9(3)8-7-6;1-5(2)6-3-7-8-4-6/h10-12,14H,4-9H2,1-3H3;6,9,15H,7-8H2,1-5H3;7-9,11H,3-6H2,1-2H3;7-10H,5-6H2,1-4H3;5-6,8,13H,7H2,1-4H3;6-8H,4-5H2,1-3H3;5-7H,1-4H3;5H,1-4H3;2*4-5H,1-3H3;3-5H,1-2H3,(H,7,8). The highest BCUT2D eigenvalue weighted by molar-refractivity contribution is 7.12. The average molecular weight is 1890 g/mol. The van der Waals surface area contributed by atoms with Crippen LogP contribution in [-0.4, -0.2) is 209 Å². The zero-order valence-corrected chi connectivity index (χ0v) is 90.7. The number of aryl methyl sites for hydroxylation is 5. The van der Waals surface area contributed by atoms with Crippen molar-refractivity contribution in [2.24, 2.45) is 13.0 Å². The second-order valence-electron chi connectivity index (χ2n) is 40.2. The number of aromatic nitrogens is 22. The molecule has 750 valence electrons. The lowest BCUT2D eigenvalue weighted by atomic mass is 9.92. The number of aliphatic hydroxyl groups excluding tert-OH is 1. The number of aromatic amines is 1. The molecule has 11 aromatic rings. The van der Waals surface area contributed by atoms with E-state index in [9.17, 15) is 5.11 Å². The number of hydrogen-bond acceptors (Lipinski definition) is 22. The largest absolute Gasteiger partial charge is 0.396 e. The topological polar surface area (TPSA) is 303 Å². The summed E-state index contributed by atoms with van der Waals surface area (Å²) >= 11 is 3.60. The normalized spacial score (nSPS) is 13.4. The van der Waals surface area contributed by atoms with Crippen LogP contribution >= 0.6 is 22.7 Å². The Bertz CT molecular complexity index is 4670. The van der Waals surface area contributed by atoms with Crippen molar-refractivity contribution in [1.29, 1.82) is 0 Å². The first kappa shape index (κ1) is 119. The molecule has 133 heavy (non-hydrogen) atoms. The van der Waals surface area contributed by atoms with E-state index in [-0.39, 0.29) is 17.9 Å². The molecule has 29 nitrogen and oxygen atoms in total. The van der Waals surface area contributed by atoms with Gasteiger partial charge in [0.2, 0.25) is 0 Å². The number of ether oxygens (including phenoxy) is 4. The van der Waals surface area contributed by atoms with E-state index in [4.69, 9.17) is 24.1 Å². The van der Waals surface area contributed by atoms with Crippen molar-refractivity contribution >= 4 is 22.7 Å². The number of nitrogens with zero attached hydrogens (tertiary/aromatic N) is 22. The summed E-state index contributed by atoms with van der Waals surface area (Å²) in [5.41, 5.74) is 12.7. The fourth-order valence-electron chi connectivity index (χ4n) is 12.8. The van der Waals surface area contributed by atoms with E-state index in [1.807, 2.05) is 133 Å². The van der Waals surface area contributed by atoms with Crippen molar-refractivity contribution < 1.29 is 29.2 Å². The monoisotopic (exact) mass is 1890 g/mol. The highest BCUT2D eigenvalue weighted by Gasteiger charge is 2.24. The molecule has 1 unspecified atom stereocenters. The molecule has 11 aromatic heterocycles. The van der Waals surface area contributed by atoms with Crippen molar-refractivity contribution in [3.63, 3.8) is 0 Å². The quantitative estimate of drug-likeness (QED) is 0.0410. The third-order valence-corrected chi connectivity index (χ3v) is 24.3. The Hall–Kier alpha value is -8.27. The van der Waals surface area contributed by atoms with Gasteiger partial charge in [-0.15, -0.1) is 32.9 Å². The molecule has 0 bridgehead atoms. The first-order valence-electron chi connectivity index (χ1n) is 48.5. The maximum Gasteiger partial charge on any atom is 0.0900 e. The van der Waals surface area contributed by atoms with Crippen LogP contribution in [0.25, 0.3) is 0 Å². The SMILES string of the molecule is CC(C)OCCn1cc(C(C)C)cn1.CC(C)c1cn(C(C)C)nn1.CC(C)c1cn(C)nn1.CC(C)c1cn[nH]c1.CC(C)c1cnn(C2CCOCC2)c1.CC(C)c1cnn(CC(C)(C)O)c1.COCCN1CCC(n2cc(C(C)C)cn2)CC1.COCCn1cc(C(C)C)cn1.Cc1cc(C(C)(C)C)nn1CC(C)CO.Cc1nc(C)c(C(C)C)s1.Cc1ncc(C(C)C)s1. The molecule has 0 aromatic carbocycles. The second-order valence-corrected chi connectivity index (χ2v) is 42.7. The van der Waals surface area contributed by atoms with Gasteiger partial charge >= 0.3 is 0 Å². The second kappa shape index (κ2) is 61.7. The van der Waals surface area contributed by atoms with Crippen LogP contribution in [0.5, 0.6) is 0 Å². The van der Waals surface area contributed by atoms with Crippen LogP contribution in [-0.2, 0) is 57.6 Å². The molecule has 0 saturated carbocycles. The Kier molecular flexibility index (Phi) is 55.2. The number of H-pyrrole nitrogens is 1. The van der Waals surface area contributed by atoms with Gasteiger partial charge in [-0.3, -0.25) is 37.9 Å². The summed E-state index contributed by atoms with van der Waals surface area (Å²) in [5.74, 6) is 5.82. The van der Waals surface area contributed by atoms with E-state index < -0.39 is 5.60 Å². The van der Waals surface area contributed by atoms with Gasteiger partial charge in [-0.05, 0) is 199 Å². The number of hydrogen-bond donors (Lipinski definition) is 3. The fraction of sp³-hybridized carbons (Fsp3) is 0.696. The molecule has 0 aliphatic carbocycles. The van der Waals surface area contributed by atoms with Crippen LogP contribution < -0.4 is 0 Å². The van der Waals surface area contributed by atoms with E-state index >= 15 is 0 Å². The summed E-state index contributed by atoms with van der Waals surface area (Å²) in [5, 5.41) is 69.5. The number of aliphatic hydroxyl groups is 2. The minimum atomic E-state index is -0.694. The summed E-state index contributed by atoms with van der Waals surface area (Å²) in [6, 6.07) is 3.67. The summed E-state index contributed by atoms with van der Waals surface area (Å²) in [4.78, 5) is 13.8. The maximum atomic E-state index is 9.56. The van der Waals surface area contributed by atoms with Crippen molar-refractivity contribution in [2.75, 3.05) is 73.5 Å². The molecule has 2 saturated heterocycles. The third kappa shape index (κ3) is 47.9. The lowest BCUT2D eigenvalue weighted by molar-refractivity contribution is 0.0577. The van der Waals surface area contributed by atoms with Gasteiger partial charge in [-0.1, -0.05) is 177 Å². The van der Waals surface area contributed by atoms with Crippen molar-refractivity contribution in [3.05, 3.63) is 181 Å². The molecule has 31 heteroatoms. The Morgan fingerprint density at radius 1 is 0.504 bits per heavy atom. The number of piperidine rings is 1. The Morgan fingerprint density at radius 3 is 1.30 bits per heavy atom. The van der Waals surface area contributed by atoms with E-state index in [0.717, 1.165) is 102 Å². The molecular formula is C102H179N23O6S2. The van der Waals surface area contributed by atoms with Crippen molar-refractivity contribution in [1.82, 2.24) is 114 Å². The van der Waals surface area contributed by atoms with Gasteiger partial charge in [0.15, 0.2) is 0 Å². The maximum absolute atomic E-state index is 9.56. The number of nitrogens with one attached hydrogen (secondary N) is 1. The summed E-state index contributed by atoms with van der Waals surface area (Å²) < 4.78 is 36.4. The van der Waals surface area contributed by atoms with Crippen LogP contribution in [0.15, 0.2) is 99.0 Å². The van der Waals surface area contributed by atoms with Gasteiger partial charge < -0.3 is 34.1 Å². The summed E-state index contributed by atoms with van der Waals surface area (Å²) in [7, 11) is 5.34. The summed E-state index contributed by atoms with van der Waals surface area (Å²) in [6.45, 7) is 82.5. The molecule has 0 amide bonds. The lowest BCUT2D eigenvalue weighted by Crippen LogP contribution is -2.36. The van der Waals surface area contributed by atoms with Crippen LogP contribution in [0.3, 0.4) is 0 Å². The number of rotatable bonds is 28. The number of likely N-dealkylation sites (tertiary alicyclic amines) is 1. The predicted molar refractivity (Wildman–Crippen MR) is 547 cm³/mol. The van der Waals surface area contributed by atoms with Gasteiger partial charge in [0, 0.05) is 150 Å². The molecule has 1 atom stereocenters. The van der Waals surface area contributed by atoms with Gasteiger partial charge in [0.1, 0.15) is 0 Å². The van der Waals surface area contributed by atoms with E-state index in [2.05, 4.69) is 310 Å². The smallest absolute Gasteiger partial charge is 0.0900 e. The first-order chi connectivity index (χ1) is 62.4. The molecule has 2 aliphatic rings. The van der Waals surface area contributed by atoms with E-state index in [1.54, 1.807) is 48.8 Å². The average Bonchev–Trinajstić information content (AvgIpc) is 1.69.